The molecule has 3 aromatic rings. The van der Waals surface area contributed by atoms with Crippen molar-refractivity contribution in [1.29, 1.82) is 0 Å². The van der Waals surface area contributed by atoms with E-state index in [1.54, 1.807) is 0 Å². The molecule has 188 valence electrons. The predicted octanol–water partition coefficient (Wildman–Crippen LogP) is 5.17. The Bertz CT molecular complexity index is 1230. The second-order valence-electron chi connectivity index (χ2n) is 11.4. The monoisotopic (exact) mass is 485 g/mol. The van der Waals surface area contributed by atoms with Crippen molar-refractivity contribution in [3.63, 3.8) is 0 Å². The number of aromatic nitrogens is 2. The van der Waals surface area contributed by atoms with Crippen LogP contribution in [0.4, 0.5) is 0 Å². The summed E-state index contributed by atoms with van der Waals surface area (Å²) >= 11 is 0. The molecule has 0 spiro atoms. The van der Waals surface area contributed by atoms with Gasteiger partial charge in [0.25, 0.3) is 5.91 Å². The third-order valence-corrected chi connectivity index (χ3v) is 8.74. The smallest absolute Gasteiger partial charge is 0.315 e. The summed E-state index contributed by atoms with van der Waals surface area (Å²) in [6.07, 6.45) is 10.3. The number of hydrogen-bond donors (Lipinski definition) is 1. The average Bonchev–Trinajstić information content (AvgIpc) is 3.30. The van der Waals surface area contributed by atoms with E-state index in [1.807, 2.05) is 66.1 Å². The number of nitrogens with one attached hydrogen (secondary N) is 1. The molecule has 36 heavy (non-hydrogen) atoms. The highest BCUT2D eigenvalue weighted by Crippen LogP contribution is 2.59. The van der Waals surface area contributed by atoms with Crippen LogP contribution < -0.4 is 5.32 Å². The fraction of sp³-hybridized carbons (Fsp3) is 0.500. The molecular weight excluding hydrogens is 450 g/mol. The molecule has 6 heteroatoms. The molecule has 2 aromatic heterocycles. The number of fused-ring (bicyclic) bond motifs is 1. The Hall–Kier alpha value is -3.15. The minimum absolute atomic E-state index is 0.0731. The van der Waals surface area contributed by atoms with Crippen molar-refractivity contribution in [3.8, 4) is 0 Å². The third kappa shape index (κ3) is 4.42. The number of benzene rings is 1. The van der Waals surface area contributed by atoms with E-state index in [0.717, 1.165) is 29.9 Å². The summed E-state index contributed by atoms with van der Waals surface area (Å²) in [6, 6.07) is 15.5. The zero-order valence-corrected chi connectivity index (χ0v) is 21.0. The number of amides is 1. The van der Waals surface area contributed by atoms with E-state index in [9.17, 15) is 9.59 Å². The first-order valence-corrected chi connectivity index (χ1v) is 13.5. The predicted molar refractivity (Wildman–Crippen MR) is 138 cm³/mol. The van der Waals surface area contributed by atoms with Gasteiger partial charge in [-0.3, -0.25) is 14.0 Å². The highest BCUT2D eigenvalue weighted by atomic mass is 16.5. The van der Waals surface area contributed by atoms with Gasteiger partial charge in [-0.05, 0) is 92.7 Å². The van der Waals surface area contributed by atoms with Crippen LogP contribution in [0.1, 0.15) is 73.1 Å². The van der Waals surface area contributed by atoms with Crippen LogP contribution in [0.2, 0.25) is 0 Å². The van der Waals surface area contributed by atoms with E-state index in [-0.39, 0.29) is 17.3 Å². The van der Waals surface area contributed by atoms with E-state index in [1.165, 1.54) is 38.5 Å². The lowest BCUT2D eigenvalue weighted by atomic mass is 9.49. The quantitative estimate of drug-likeness (QED) is 0.447. The van der Waals surface area contributed by atoms with Crippen LogP contribution in [0.5, 0.6) is 0 Å². The molecule has 0 saturated heterocycles. The molecule has 7 rings (SSSR count). The topological polar surface area (TPSA) is 72.7 Å². The maximum absolute atomic E-state index is 13.4. The number of carbonyl (C=O) groups excluding carboxylic acids is 2. The Kier molecular flexibility index (Phi) is 6.06. The average molecular weight is 486 g/mol. The molecule has 1 atom stereocenters. The van der Waals surface area contributed by atoms with Crippen molar-refractivity contribution >= 4 is 17.5 Å². The summed E-state index contributed by atoms with van der Waals surface area (Å²) in [7, 11) is 0. The van der Waals surface area contributed by atoms with Gasteiger partial charge < -0.3 is 10.1 Å². The molecule has 0 aliphatic heterocycles. The largest absolute Gasteiger partial charge is 0.465 e. The van der Waals surface area contributed by atoms with Gasteiger partial charge in [0.05, 0.1) is 12.3 Å². The van der Waals surface area contributed by atoms with Crippen LogP contribution in [0.3, 0.4) is 0 Å². The first kappa shape index (κ1) is 23.3. The Morgan fingerprint density at radius 2 is 1.72 bits per heavy atom. The summed E-state index contributed by atoms with van der Waals surface area (Å²) in [5.74, 6) is 1.68. The van der Waals surface area contributed by atoms with Crippen molar-refractivity contribution in [1.82, 2.24) is 14.7 Å². The van der Waals surface area contributed by atoms with Crippen LogP contribution in [0, 0.1) is 23.2 Å². The summed E-state index contributed by atoms with van der Waals surface area (Å²) in [5.41, 5.74) is 3.16. The second kappa shape index (κ2) is 9.38. The molecule has 4 fully saturated rings. The van der Waals surface area contributed by atoms with Gasteiger partial charge in [-0.1, -0.05) is 36.4 Å². The zero-order chi connectivity index (χ0) is 24.7. The fourth-order valence-electron chi connectivity index (χ4n) is 7.65. The first-order chi connectivity index (χ1) is 17.5. The zero-order valence-electron chi connectivity index (χ0n) is 21.0. The highest BCUT2D eigenvalue weighted by molar-refractivity contribution is 5.93. The molecule has 4 aliphatic rings. The van der Waals surface area contributed by atoms with Crippen LogP contribution >= 0.6 is 0 Å². The first-order valence-electron chi connectivity index (χ1n) is 13.5. The van der Waals surface area contributed by atoms with Crippen LogP contribution in [-0.2, 0) is 16.0 Å². The number of carbonyl (C=O) groups is 2. The fourth-order valence-corrected chi connectivity index (χ4v) is 7.65. The normalized spacial score (nSPS) is 27.2. The number of imidazole rings is 1. The minimum Gasteiger partial charge on any atom is -0.465 e. The molecule has 0 radical (unpaired) electrons. The number of esters is 1. The molecule has 6 nitrogen and oxygen atoms in total. The Labute approximate surface area is 212 Å². The number of ether oxygens (including phenoxy) is 1. The highest BCUT2D eigenvalue weighted by Gasteiger charge is 2.50. The Morgan fingerprint density at radius 3 is 2.39 bits per heavy atom. The van der Waals surface area contributed by atoms with E-state index in [4.69, 9.17) is 9.72 Å². The Morgan fingerprint density at radius 1 is 1.03 bits per heavy atom. The molecule has 4 bridgehead atoms. The lowest BCUT2D eigenvalue weighted by Crippen LogP contribution is -2.51. The molecular formula is C30H35N3O3. The Balaban J connectivity index is 1.24. The molecule has 1 aromatic carbocycles. The van der Waals surface area contributed by atoms with Gasteiger partial charge in [0.1, 0.15) is 17.3 Å². The van der Waals surface area contributed by atoms with Crippen LogP contribution in [0.15, 0.2) is 54.7 Å². The van der Waals surface area contributed by atoms with Gasteiger partial charge in [0.15, 0.2) is 0 Å². The lowest BCUT2D eigenvalue weighted by molar-refractivity contribution is -0.145. The van der Waals surface area contributed by atoms with Crippen molar-refractivity contribution in [2.45, 2.75) is 57.8 Å². The van der Waals surface area contributed by atoms with Crippen molar-refractivity contribution < 1.29 is 14.3 Å². The van der Waals surface area contributed by atoms with Crippen molar-refractivity contribution in [3.05, 3.63) is 71.7 Å². The van der Waals surface area contributed by atoms with E-state index >= 15 is 0 Å². The number of nitrogens with zero attached hydrogens (tertiary/aromatic N) is 2. The molecule has 1 N–H and O–H groups in total. The van der Waals surface area contributed by atoms with E-state index in [0.29, 0.717) is 30.1 Å². The van der Waals surface area contributed by atoms with E-state index in [2.05, 4.69) is 5.32 Å². The van der Waals surface area contributed by atoms with Crippen molar-refractivity contribution in [2.24, 2.45) is 23.2 Å². The summed E-state index contributed by atoms with van der Waals surface area (Å²) in [6.45, 7) is 2.88. The summed E-state index contributed by atoms with van der Waals surface area (Å²) in [5, 5.41) is 3.29. The molecule has 4 saturated carbocycles. The molecule has 1 amide bonds. The SMILES string of the molecule is CCOC(=O)C(Cc1ccccc1)c1cn2c(C(=O)NCC34CC5CC(CC(C5)C3)C4)cccc2n1. The minimum atomic E-state index is -0.532. The van der Waals surface area contributed by atoms with Crippen LogP contribution in [0.25, 0.3) is 5.65 Å². The number of rotatable bonds is 8. The van der Waals surface area contributed by atoms with Crippen LogP contribution in [-0.4, -0.2) is 34.4 Å². The molecule has 2 heterocycles. The lowest BCUT2D eigenvalue weighted by Gasteiger charge is -2.56. The standard InChI is InChI=1S/C30H35N3O3/c1-2-36-29(35)24(14-20-7-4-3-5-8-20)25-18-33-26(9-6-10-27(33)32-25)28(34)31-19-30-15-21-11-22(16-30)13-23(12-21)17-30/h3-10,18,21-24H,2,11-17,19H2,1H3,(H,31,34). The van der Waals surface area contributed by atoms with E-state index < -0.39 is 5.92 Å². The summed E-state index contributed by atoms with van der Waals surface area (Å²) in [4.78, 5) is 31.1. The molecule has 4 aliphatic carbocycles. The van der Waals surface area contributed by atoms with Gasteiger partial charge in [-0.2, -0.15) is 0 Å². The number of hydrogen-bond acceptors (Lipinski definition) is 4. The van der Waals surface area contributed by atoms with Gasteiger partial charge >= 0.3 is 5.97 Å². The van der Waals surface area contributed by atoms with Crippen molar-refractivity contribution in [2.75, 3.05) is 13.2 Å². The van der Waals surface area contributed by atoms with Gasteiger partial charge in [0.2, 0.25) is 0 Å². The van der Waals surface area contributed by atoms with Gasteiger partial charge in [0, 0.05) is 12.7 Å². The maximum atomic E-state index is 13.4. The second-order valence-corrected chi connectivity index (χ2v) is 11.4. The maximum Gasteiger partial charge on any atom is 0.315 e. The summed E-state index contributed by atoms with van der Waals surface area (Å²) < 4.78 is 7.21. The molecule has 1 unspecified atom stereocenters. The van der Waals surface area contributed by atoms with Gasteiger partial charge in [-0.25, -0.2) is 4.98 Å². The third-order valence-electron chi connectivity index (χ3n) is 8.74. The van der Waals surface area contributed by atoms with Gasteiger partial charge in [-0.15, -0.1) is 0 Å². The number of pyridine rings is 1.